The van der Waals surface area contributed by atoms with Crippen LogP contribution in [-0.2, 0) is 11.3 Å². The molecular formula is C18H24N4O. The lowest BCUT2D eigenvalue weighted by molar-refractivity contribution is -0.117. The molecule has 3 rings (SSSR count). The molecule has 122 valence electrons. The van der Waals surface area contributed by atoms with E-state index in [9.17, 15) is 4.79 Å². The van der Waals surface area contributed by atoms with Crippen LogP contribution in [0.1, 0.15) is 36.9 Å². The Kier molecular flexibility index (Phi) is 4.76. The van der Waals surface area contributed by atoms with Crippen molar-refractivity contribution in [2.75, 3.05) is 5.32 Å². The van der Waals surface area contributed by atoms with Crippen LogP contribution in [0, 0.1) is 12.8 Å². The van der Waals surface area contributed by atoms with Crippen molar-refractivity contribution in [1.82, 2.24) is 9.78 Å². The molecule has 23 heavy (non-hydrogen) atoms. The number of anilines is 1. The molecule has 0 unspecified atom stereocenters. The molecule has 3 N–H and O–H groups in total. The zero-order valence-corrected chi connectivity index (χ0v) is 13.5. The van der Waals surface area contributed by atoms with E-state index in [1.54, 1.807) is 0 Å². The number of hydrogen-bond donors (Lipinski definition) is 2. The third-order valence-corrected chi connectivity index (χ3v) is 4.51. The van der Waals surface area contributed by atoms with Gasteiger partial charge in [0.1, 0.15) is 5.82 Å². The average Bonchev–Trinajstić information content (AvgIpc) is 3.06. The molecule has 5 nitrogen and oxygen atoms in total. The number of aromatic nitrogens is 2. The van der Waals surface area contributed by atoms with Gasteiger partial charge >= 0.3 is 0 Å². The monoisotopic (exact) mass is 312 g/mol. The molecule has 0 aliphatic heterocycles. The van der Waals surface area contributed by atoms with Gasteiger partial charge in [-0.05, 0) is 31.2 Å². The third kappa shape index (κ3) is 3.99. The highest BCUT2D eigenvalue weighted by atomic mass is 16.1. The fourth-order valence-corrected chi connectivity index (χ4v) is 3.27. The van der Waals surface area contributed by atoms with Crippen LogP contribution in [0.3, 0.4) is 0 Å². The molecule has 1 fully saturated rings. The Hall–Kier alpha value is -2.14. The Bertz CT molecular complexity index is 665. The summed E-state index contributed by atoms with van der Waals surface area (Å²) < 4.78 is 1.84. The second kappa shape index (κ2) is 6.96. The Balaban J connectivity index is 1.66. The first-order chi connectivity index (χ1) is 11.1. The van der Waals surface area contributed by atoms with Crippen molar-refractivity contribution in [2.24, 2.45) is 11.7 Å². The van der Waals surface area contributed by atoms with Crippen LogP contribution >= 0.6 is 0 Å². The van der Waals surface area contributed by atoms with Crippen LogP contribution < -0.4 is 11.1 Å². The number of carbonyl (C=O) groups excluding carboxylic acids is 1. The molecule has 0 radical (unpaired) electrons. The zero-order chi connectivity index (χ0) is 16.2. The summed E-state index contributed by atoms with van der Waals surface area (Å²) in [5.74, 6) is 1.09. The maximum atomic E-state index is 12.3. The van der Waals surface area contributed by atoms with Gasteiger partial charge in [0.05, 0.1) is 12.2 Å². The number of amides is 1. The van der Waals surface area contributed by atoms with Crippen molar-refractivity contribution < 1.29 is 4.79 Å². The minimum absolute atomic E-state index is 0.0292. The number of benzene rings is 1. The number of nitrogens with zero attached hydrogens (tertiary/aromatic N) is 2. The zero-order valence-electron chi connectivity index (χ0n) is 13.5. The number of aryl methyl sites for hydroxylation is 1. The van der Waals surface area contributed by atoms with Crippen LogP contribution in [0.25, 0.3) is 0 Å². The Morgan fingerprint density at radius 2 is 2.13 bits per heavy atom. The molecule has 0 bridgehead atoms. The van der Waals surface area contributed by atoms with E-state index in [4.69, 9.17) is 5.73 Å². The van der Waals surface area contributed by atoms with Gasteiger partial charge in [0, 0.05) is 18.5 Å². The van der Waals surface area contributed by atoms with Crippen molar-refractivity contribution in [3.63, 3.8) is 0 Å². The molecule has 2 atom stereocenters. The van der Waals surface area contributed by atoms with Gasteiger partial charge in [-0.2, -0.15) is 5.10 Å². The maximum Gasteiger partial charge on any atom is 0.225 e. The SMILES string of the molecule is Cc1cc(NC(=O)C[C@@H]2CCC[C@H]2N)n(Cc2ccccc2)n1. The number of carbonyl (C=O) groups is 1. The molecule has 5 heteroatoms. The fourth-order valence-electron chi connectivity index (χ4n) is 3.27. The number of rotatable bonds is 5. The summed E-state index contributed by atoms with van der Waals surface area (Å²) in [5, 5.41) is 7.49. The summed E-state index contributed by atoms with van der Waals surface area (Å²) in [5.41, 5.74) is 8.11. The maximum absolute atomic E-state index is 12.3. The standard InChI is InChI=1S/C18H24N4O/c1-13-10-17(20-18(23)11-15-8-5-9-16(15)19)22(21-13)12-14-6-3-2-4-7-14/h2-4,6-7,10,15-16H,5,8-9,11-12,19H2,1H3,(H,20,23)/t15-,16+/m0/s1. The quantitative estimate of drug-likeness (QED) is 0.891. The van der Waals surface area contributed by atoms with Gasteiger partial charge in [0.2, 0.25) is 5.91 Å². The molecular weight excluding hydrogens is 288 g/mol. The molecule has 1 aromatic heterocycles. The lowest BCUT2D eigenvalue weighted by Gasteiger charge is -2.15. The summed E-state index contributed by atoms with van der Waals surface area (Å²) >= 11 is 0. The van der Waals surface area contributed by atoms with Gasteiger partial charge in [0.25, 0.3) is 0 Å². The van der Waals surface area contributed by atoms with E-state index in [1.165, 1.54) is 0 Å². The first kappa shape index (κ1) is 15.7. The second-order valence-electron chi connectivity index (χ2n) is 6.42. The normalized spacial score (nSPS) is 20.6. The van der Waals surface area contributed by atoms with Crippen molar-refractivity contribution in [1.29, 1.82) is 0 Å². The molecule has 1 aromatic carbocycles. The van der Waals surface area contributed by atoms with Crippen molar-refractivity contribution in [2.45, 2.75) is 45.2 Å². The van der Waals surface area contributed by atoms with Crippen molar-refractivity contribution in [3.8, 4) is 0 Å². The van der Waals surface area contributed by atoms with Gasteiger partial charge in [-0.1, -0.05) is 36.8 Å². The number of nitrogens with one attached hydrogen (secondary N) is 1. The first-order valence-electron chi connectivity index (χ1n) is 8.25. The van der Waals surface area contributed by atoms with Crippen molar-refractivity contribution in [3.05, 3.63) is 47.7 Å². The Morgan fingerprint density at radius 1 is 1.35 bits per heavy atom. The molecule has 1 aliphatic carbocycles. The predicted octanol–water partition coefficient (Wildman–Crippen LogP) is 2.70. The molecule has 1 heterocycles. The Labute approximate surface area is 136 Å². The van der Waals surface area contributed by atoms with E-state index < -0.39 is 0 Å². The second-order valence-corrected chi connectivity index (χ2v) is 6.42. The van der Waals surface area contributed by atoms with E-state index >= 15 is 0 Å². The molecule has 1 amide bonds. The highest BCUT2D eigenvalue weighted by Gasteiger charge is 2.26. The lowest BCUT2D eigenvalue weighted by Crippen LogP contribution is -2.28. The average molecular weight is 312 g/mol. The minimum Gasteiger partial charge on any atom is -0.327 e. The van der Waals surface area contributed by atoms with Gasteiger partial charge in [-0.15, -0.1) is 0 Å². The summed E-state index contributed by atoms with van der Waals surface area (Å²) in [6.45, 7) is 2.58. The predicted molar refractivity (Wildman–Crippen MR) is 91.1 cm³/mol. The van der Waals surface area contributed by atoms with E-state index in [1.807, 2.05) is 35.9 Å². The molecule has 1 saturated carbocycles. The van der Waals surface area contributed by atoms with Crippen LogP contribution in [0.5, 0.6) is 0 Å². The topological polar surface area (TPSA) is 72.9 Å². The van der Waals surface area contributed by atoms with E-state index in [0.717, 1.165) is 36.3 Å². The van der Waals surface area contributed by atoms with Gasteiger partial charge in [0.15, 0.2) is 0 Å². The van der Waals surface area contributed by atoms with E-state index in [2.05, 4.69) is 22.5 Å². The fraction of sp³-hybridized carbons (Fsp3) is 0.444. The third-order valence-electron chi connectivity index (χ3n) is 4.51. The first-order valence-corrected chi connectivity index (χ1v) is 8.25. The highest BCUT2D eigenvalue weighted by Crippen LogP contribution is 2.27. The molecule has 0 saturated heterocycles. The smallest absolute Gasteiger partial charge is 0.225 e. The summed E-state index contributed by atoms with van der Waals surface area (Å²) in [4.78, 5) is 12.3. The van der Waals surface area contributed by atoms with Gasteiger partial charge < -0.3 is 11.1 Å². The lowest BCUT2D eigenvalue weighted by atomic mass is 10.00. The van der Waals surface area contributed by atoms with Crippen LogP contribution in [-0.4, -0.2) is 21.7 Å². The largest absolute Gasteiger partial charge is 0.327 e. The van der Waals surface area contributed by atoms with Gasteiger partial charge in [-0.25, -0.2) is 4.68 Å². The van der Waals surface area contributed by atoms with Gasteiger partial charge in [-0.3, -0.25) is 4.79 Å². The number of nitrogens with two attached hydrogens (primary N) is 1. The summed E-state index contributed by atoms with van der Waals surface area (Å²) in [6.07, 6.45) is 3.71. The van der Waals surface area contributed by atoms with Crippen LogP contribution in [0.4, 0.5) is 5.82 Å². The highest BCUT2D eigenvalue weighted by molar-refractivity contribution is 5.90. The molecule has 0 spiro atoms. The van der Waals surface area contributed by atoms with Crippen LogP contribution in [0.2, 0.25) is 0 Å². The molecule has 1 aliphatic rings. The Morgan fingerprint density at radius 3 is 2.83 bits per heavy atom. The van der Waals surface area contributed by atoms with E-state index in [-0.39, 0.29) is 11.9 Å². The van der Waals surface area contributed by atoms with E-state index in [0.29, 0.717) is 18.9 Å². The minimum atomic E-state index is 0.0292. The van der Waals surface area contributed by atoms with Crippen LogP contribution in [0.15, 0.2) is 36.4 Å². The van der Waals surface area contributed by atoms with Crippen molar-refractivity contribution >= 4 is 11.7 Å². The summed E-state index contributed by atoms with van der Waals surface area (Å²) in [6, 6.07) is 12.2. The summed E-state index contributed by atoms with van der Waals surface area (Å²) in [7, 11) is 0. The molecule has 2 aromatic rings. The number of hydrogen-bond acceptors (Lipinski definition) is 3.